The molecule has 0 radical (unpaired) electrons. The van der Waals surface area contributed by atoms with Gasteiger partial charge in [0.25, 0.3) is 5.56 Å². The summed E-state index contributed by atoms with van der Waals surface area (Å²) in [5.74, 6) is 0.672. The van der Waals surface area contributed by atoms with Crippen LogP contribution < -0.4 is 5.56 Å². The maximum Gasteiger partial charge on any atom is 0.256 e. The van der Waals surface area contributed by atoms with E-state index in [1.54, 1.807) is 16.8 Å². The first kappa shape index (κ1) is 13.3. The molecule has 3 aromatic rings. The van der Waals surface area contributed by atoms with Crippen molar-refractivity contribution in [2.24, 2.45) is 0 Å². The second kappa shape index (κ2) is 6.18. The Morgan fingerprint density at radius 3 is 2.38 bits per heavy atom. The second-order valence-electron chi connectivity index (χ2n) is 4.86. The van der Waals surface area contributed by atoms with Crippen LogP contribution in [0, 0.1) is 0 Å². The van der Waals surface area contributed by atoms with E-state index in [0.29, 0.717) is 5.82 Å². The molecule has 0 saturated carbocycles. The number of pyridine rings is 2. The van der Waals surface area contributed by atoms with Crippen LogP contribution >= 0.6 is 0 Å². The maximum atomic E-state index is 12.2. The van der Waals surface area contributed by atoms with Crippen LogP contribution in [0.15, 0.2) is 77.7 Å². The van der Waals surface area contributed by atoms with Gasteiger partial charge in [-0.3, -0.25) is 9.36 Å². The molecule has 3 rings (SSSR count). The molecule has 0 spiro atoms. The summed E-state index contributed by atoms with van der Waals surface area (Å²) in [5, 5.41) is 0. The molecular formula is C18H16N2O. The number of aryl methyl sites for hydroxylation is 2. The van der Waals surface area contributed by atoms with Gasteiger partial charge in [0.15, 0.2) is 0 Å². The van der Waals surface area contributed by atoms with Gasteiger partial charge in [-0.2, -0.15) is 0 Å². The molecule has 3 heteroatoms. The van der Waals surface area contributed by atoms with Crippen molar-refractivity contribution >= 4 is 0 Å². The van der Waals surface area contributed by atoms with Gasteiger partial charge in [0.1, 0.15) is 5.82 Å². The van der Waals surface area contributed by atoms with E-state index >= 15 is 0 Å². The molecule has 0 unspecified atom stereocenters. The largest absolute Gasteiger partial charge is 0.269 e. The van der Waals surface area contributed by atoms with Gasteiger partial charge in [0, 0.05) is 18.0 Å². The molecule has 104 valence electrons. The van der Waals surface area contributed by atoms with E-state index in [1.165, 1.54) is 5.56 Å². The Labute approximate surface area is 123 Å². The Hall–Kier alpha value is -2.68. The summed E-state index contributed by atoms with van der Waals surface area (Å²) < 4.78 is 1.68. The molecule has 2 aromatic heterocycles. The number of nitrogens with zero attached hydrogens (tertiary/aromatic N) is 2. The molecule has 1 aromatic carbocycles. The molecule has 0 bridgehead atoms. The second-order valence-corrected chi connectivity index (χ2v) is 4.86. The third kappa shape index (κ3) is 3.08. The molecule has 21 heavy (non-hydrogen) atoms. The zero-order chi connectivity index (χ0) is 14.5. The Bertz CT molecular complexity index is 764. The van der Waals surface area contributed by atoms with Crippen LogP contribution in [0.25, 0.3) is 5.82 Å². The molecule has 0 amide bonds. The number of aromatic nitrogens is 2. The molecule has 0 aliphatic carbocycles. The SMILES string of the molecule is O=c1cccc(CCc2ccccc2)n1-c1ccccn1. The minimum atomic E-state index is -0.0424. The van der Waals surface area contributed by atoms with E-state index < -0.39 is 0 Å². The van der Waals surface area contributed by atoms with Crippen molar-refractivity contribution in [2.45, 2.75) is 12.8 Å². The van der Waals surface area contributed by atoms with E-state index in [1.807, 2.05) is 48.5 Å². The zero-order valence-corrected chi connectivity index (χ0v) is 11.6. The van der Waals surface area contributed by atoms with E-state index in [9.17, 15) is 4.79 Å². The topological polar surface area (TPSA) is 34.9 Å². The molecule has 3 nitrogen and oxygen atoms in total. The third-order valence-corrected chi connectivity index (χ3v) is 3.43. The van der Waals surface area contributed by atoms with Crippen LogP contribution in [-0.2, 0) is 12.8 Å². The molecule has 0 fully saturated rings. The van der Waals surface area contributed by atoms with E-state index in [4.69, 9.17) is 0 Å². The fraction of sp³-hybridized carbons (Fsp3) is 0.111. The highest BCUT2D eigenvalue weighted by atomic mass is 16.1. The van der Waals surface area contributed by atoms with E-state index in [-0.39, 0.29) is 5.56 Å². The quantitative estimate of drug-likeness (QED) is 0.734. The minimum Gasteiger partial charge on any atom is -0.269 e. The van der Waals surface area contributed by atoms with Gasteiger partial charge in [-0.1, -0.05) is 42.5 Å². The lowest BCUT2D eigenvalue weighted by Gasteiger charge is -2.11. The summed E-state index contributed by atoms with van der Waals surface area (Å²) in [5.41, 5.74) is 2.20. The van der Waals surface area contributed by atoms with Crippen molar-refractivity contribution in [2.75, 3.05) is 0 Å². The van der Waals surface area contributed by atoms with Crippen LogP contribution in [0.5, 0.6) is 0 Å². The average molecular weight is 276 g/mol. The Morgan fingerprint density at radius 2 is 1.62 bits per heavy atom. The van der Waals surface area contributed by atoms with E-state index in [2.05, 4.69) is 17.1 Å². The number of hydrogen-bond donors (Lipinski definition) is 0. The first-order valence-corrected chi connectivity index (χ1v) is 7.01. The molecular weight excluding hydrogens is 260 g/mol. The first-order valence-electron chi connectivity index (χ1n) is 7.01. The summed E-state index contributed by atoms with van der Waals surface area (Å²) in [4.78, 5) is 16.5. The number of benzene rings is 1. The maximum absolute atomic E-state index is 12.2. The van der Waals surface area contributed by atoms with Gasteiger partial charge in [0.05, 0.1) is 0 Å². The van der Waals surface area contributed by atoms with Crippen LogP contribution in [0.4, 0.5) is 0 Å². The van der Waals surface area contributed by atoms with Crippen LogP contribution in [0.1, 0.15) is 11.3 Å². The van der Waals surface area contributed by atoms with Gasteiger partial charge in [-0.15, -0.1) is 0 Å². The van der Waals surface area contributed by atoms with Crippen molar-refractivity contribution in [1.82, 2.24) is 9.55 Å². The third-order valence-electron chi connectivity index (χ3n) is 3.43. The Balaban J connectivity index is 1.93. The highest BCUT2D eigenvalue weighted by Crippen LogP contribution is 2.09. The fourth-order valence-electron chi connectivity index (χ4n) is 2.39. The highest BCUT2D eigenvalue weighted by Gasteiger charge is 2.06. The van der Waals surface area contributed by atoms with Crippen LogP contribution in [0.3, 0.4) is 0 Å². The van der Waals surface area contributed by atoms with E-state index in [0.717, 1.165) is 18.5 Å². The van der Waals surface area contributed by atoms with Gasteiger partial charge < -0.3 is 0 Å². The smallest absolute Gasteiger partial charge is 0.256 e. The predicted octanol–water partition coefficient (Wildman–Crippen LogP) is 3.02. The number of rotatable bonds is 4. The van der Waals surface area contributed by atoms with Gasteiger partial charge >= 0.3 is 0 Å². The zero-order valence-electron chi connectivity index (χ0n) is 11.6. The fourth-order valence-corrected chi connectivity index (χ4v) is 2.39. The number of hydrogen-bond acceptors (Lipinski definition) is 2. The molecule has 0 atom stereocenters. The van der Waals surface area contributed by atoms with Gasteiger partial charge in [-0.05, 0) is 36.6 Å². The molecule has 0 N–H and O–H groups in total. The first-order chi connectivity index (χ1) is 10.3. The summed E-state index contributed by atoms with van der Waals surface area (Å²) in [6, 6.07) is 21.2. The predicted molar refractivity (Wildman–Crippen MR) is 83.7 cm³/mol. The van der Waals surface area contributed by atoms with Crippen molar-refractivity contribution in [3.8, 4) is 5.82 Å². The molecule has 0 saturated heterocycles. The molecule has 0 aliphatic heterocycles. The van der Waals surface area contributed by atoms with Crippen molar-refractivity contribution in [3.63, 3.8) is 0 Å². The van der Waals surface area contributed by atoms with Crippen molar-refractivity contribution in [1.29, 1.82) is 0 Å². The minimum absolute atomic E-state index is 0.0424. The summed E-state index contributed by atoms with van der Waals surface area (Å²) in [7, 11) is 0. The summed E-state index contributed by atoms with van der Waals surface area (Å²) >= 11 is 0. The standard InChI is InChI=1S/C18H16N2O/c21-18-11-6-9-16(13-12-15-7-2-1-3-8-15)20(18)17-10-4-5-14-19-17/h1-11,14H,12-13H2. The van der Waals surface area contributed by atoms with Crippen LogP contribution in [-0.4, -0.2) is 9.55 Å². The molecule has 0 aliphatic rings. The summed E-state index contributed by atoms with van der Waals surface area (Å²) in [6.45, 7) is 0. The Morgan fingerprint density at radius 1 is 0.810 bits per heavy atom. The van der Waals surface area contributed by atoms with Crippen molar-refractivity contribution < 1.29 is 0 Å². The monoisotopic (exact) mass is 276 g/mol. The van der Waals surface area contributed by atoms with Crippen molar-refractivity contribution in [3.05, 3.63) is 94.5 Å². The van der Waals surface area contributed by atoms with Gasteiger partial charge in [-0.25, -0.2) is 4.98 Å². The lowest BCUT2D eigenvalue weighted by molar-refractivity contribution is 0.810. The average Bonchev–Trinajstić information content (AvgIpc) is 2.55. The summed E-state index contributed by atoms with van der Waals surface area (Å²) in [6.07, 6.45) is 3.41. The lowest BCUT2D eigenvalue weighted by atomic mass is 10.1. The highest BCUT2D eigenvalue weighted by molar-refractivity contribution is 5.27. The Kier molecular flexibility index (Phi) is 3.92. The van der Waals surface area contributed by atoms with Gasteiger partial charge in [0.2, 0.25) is 0 Å². The lowest BCUT2D eigenvalue weighted by Crippen LogP contribution is -2.21. The molecule has 2 heterocycles. The van der Waals surface area contributed by atoms with Crippen LogP contribution in [0.2, 0.25) is 0 Å². The normalized spacial score (nSPS) is 10.5.